The number of halogens is 2. The number of rotatable bonds is 6. The van der Waals surface area contributed by atoms with Crippen molar-refractivity contribution in [3.05, 3.63) is 95.0 Å². The average Bonchev–Trinajstić information content (AvgIpc) is 2.75. The highest BCUT2D eigenvalue weighted by Gasteiger charge is 2.18. The third-order valence-corrected chi connectivity index (χ3v) is 7.93. The van der Waals surface area contributed by atoms with Gasteiger partial charge in [-0.2, -0.15) is 0 Å². The van der Waals surface area contributed by atoms with E-state index in [-0.39, 0.29) is 26.2 Å². The summed E-state index contributed by atoms with van der Waals surface area (Å²) in [7, 11) is -7.80. The summed E-state index contributed by atoms with van der Waals surface area (Å²) in [5.74, 6) is 0. The Bertz CT molecular complexity index is 1520. The molecule has 32 heavy (non-hydrogen) atoms. The van der Waals surface area contributed by atoms with E-state index in [0.29, 0.717) is 5.02 Å². The van der Waals surface area contributed by atoms with Gasteiger partial charge in [0.1, 0.15) is 0 Å². The maximum atomic E-state index is 12.8. The minimum Gasteiger partial charge on any atom is -0.280 e. The van der Waals surface area contributed by atoms with Crippen molar-refractivity contribution in [2.24, 2.45) is 0 Å². The smallest absolute Gasteiger partial charge is 0.261 e. The number of anilines is 2. The summed E-state index contributed by atoms with van der Waals surface area (Å²) in [5.41, 5.74) is 0.402. The van der Waals surface area contributed by atoms with Crippen molar-refractivity contribution in [2.75, 3.05) is 9.44 Å². The molecule has 6 nitrogen and oxygen atoms in total. The summed E-state index contributed by atoms with van der Waals surface area (Å²) in [6.45, 7) is 0. The predicted octanol–water partition coefficient (Wildman–Crippen LogP) is 5.75. The molecule has 0 atom stereocenters. The Morgan fingerprint density at radius 2 is 1.22 bits per heavy atom. The first-order chi connectivity index (χ1) is 15.1. The molecule has 4 aromatic carbocycles. The van der Waals surface area contributed by atoms with E-state index in [1.807, 2.05) is 24.3 Å². The lowest BCUT2D eigenvalue weighted by atomic mass is 10.1. The minimum absolute atomic E-state index is 0.0582. The lowest BCUT2D eigenvalue weighted by Crippen LogP contribution is -2.14. The van der Waals surface area contributed by atoms with Gasteiger partial charge in [-0.3, -0.25) is 9.44 Å². The van der Waals surface area contributed by atoms with Crippen LogP contribution in [0.15, 0.2) is 94.7 Å². The second kappa shape index (κ2) is 8.63. The SMILES string of the molecule is O=S(=O)(Nc1ccc(S(=O)(=O)Nc2ccc(Cl)cc2Cl)cc1)c1ccc2ccccc2c1. The van der Waals surface area contributed by atoms with Crippen molar-refractivity contribution in [1.82, 2.24) is 0 Å². The maximum absolute atomic E-state index is 12.8. The molecule has 0 unspecified atom stereocenters. The fraction of sp³-hybridized carbons (Fsp3) is 0. The molecule has 0 bridgehead atoms. The van der Waals surface area contributed by atoms with Gasteiger partial charge in [-0.1, -0.05) is 53.5 Å². The van der Waals surface area contributed by atoms with Crippen molar-refractivity contribution in [3.8, 4) is 0 Å². The van der Waals surface area contributed by atoms with Crippen LogP contribution in [0.3, 0.4) is 0 Å². The number of nitrogens with one attached hydrogen (secondary N) is 2. The van der Waals surface area contributed by atoms with Gasteiger partial charge in [-0.15, -0.1) is 0 Å². The molecule has 0 aliphatic rings. The molecular formula is C22H16Cl2N2O4S2. The van der Waals surface area contributed by atoms with E-state index in [1.165, 1.54) is 48.5 Å². The lowest BCUT2D eigenvalue weighted by molar-refractivity contribution is 0.600. The highest BCUT2D eigenvalue weighted by molar-refractivity contribution is 7.93. The molecule has 0 fully saturated rings. The Morgan fingerprint density at radius 3 is 1.91 bits per heavy atom. The average molecular weight is 507 g/mol. The summed E-state index contributed by atoms with van der Waals surface area (Å²) in [5, 5.41) is 2.25. The van der Waals surface area contributed by atoms with E-state index in [2.05, 4.69) is 9.44 Å². The number of sulfonamides is 2. The van der Waals surface area contributed by atoms with Crippen LogP contribution in [0.1, 0.15) is 0 Å². The van der Waals surface area contributed by atoms with E-state index < -0.39 is 20.0 Å². The highest BCUT2D eigenvalue weighted by atomic mass is 35.5. The zero-order valence-corrected chi connectivity index (χ0v) is 19.4. The first-order valence-electron chi connectivity index (χ1n) is 9.24. The van der Waals surface area contributed by atoms with Crippen LogP contribution in [-0.2, 0) is 20.0 Å². The van der Waals surface area contributed by atoms with Crippen LogP contribution >= 0.6 is 23.2 Å². The van der Waals surface area contributed by atoms with Crippen LogP contribution in [0.2, 0.25) is 10.0 Å². The minimum atomic E-state index is -3.94. The zero-order valence-electron chi connectivity index (χ0n) is 16.3. The molecule has 0 radical (unpaired) electrons. The highest BCUT2D eigenvalue weighted by Crippen LogP contribution is 2.28. The molecule has 2 N–H and O–H groups in total. The van der Waals surface area contributed by atoms with E-state index >= 15 is 0 Å². The van der Waals surface area contributed by atoms with Crippen LogP contribution in [0.4, 0.5) is 11.4 Å². The zero-order chi connectivity index (χ0) is 22.9. The summed E-state index contributed by atoms with van der Waals surface area (Å²) in [6, 6.07) is 22.0. The third kappa shape index (κ3) is 4.83. The second-order valence-corrected chi connectivity index (χ2v) is 11.1. The molecule has 0 saturated carbocycles. The topological polar surface area (TPSA) is 92.3 Å². The maximum Gasteiger partial charge on any atom is 0.261 e. The van der Waals surface area contributed by atoms with Gasteiger partial charge in [0.25, 0.3) is 20.0 Å². The molecular weight excluding hydrogens is 491 g/mol. The van der Waals surface area contributed by atoms with Crippen LogP contribution in [-0.4, -0.2) is 16.8 Å². The number of hydrogen-bond acceptors (Lipinski definition) is 4. The largest absolute Gasteiger partial charge is 0.280 e. The quantitative estimate of drug-likeness (QED) is 0.348. The van der Waals surface area contributed by atoms with Crippen molar-refractivity contribution in [2.45, 2.75) is 9.79 Å². The number of hydrogen-bond donors (Lipinski definition) is 2. The Labute approximate surface area is 195 Å². The molecule has 0 aliphatic carbocycles. The van der Waals surface area contributed by atoms with E-state index in [4.69, 9.17) is 23.2 Å². The Balaban J connectivity index is 1.54. The molecule has 10 heteroatoms. The lowest BCUT2D eigenvalue weighted by Gasteiger charge is -2.12. The van der Waals surface area contributed by atoms with Crippen LogP contribution < -0.4 is 9.44 Å². The molecule has 0 amide bonds. The standard InChI is InChI=1S/C22H16Cl2N2O4S2/c23-17-6-12-22(21(24)14-17)26-31(27,28)19-10-7-18(8-11-19)25-32(29,30)20-9-5-15-3-1-2-4-16(15)13-20/h1-14,25-26H. The van der Waals surface area contributed by atoms with Gasteiger partial charge in [0, 0.05) is 10.7 Å². The van der Waals surface area contributed by atoms with E-state index in [1.54, 1.807) is 12.1 Å². The van der Waals surface area contributed by atoms with Gasteiger partial charge in [-0.25, -0.2) is 16.8 Å². The van der Waals surface area contributed by atoms with Crippen LogP contribution in [0.5, 0.6) is 0 Å². The van der Waals surface area contributed by atoms with Crippen molar-refractivity contribution < 1.29 is 16.8 Å². The van der Waals surface area contributed by atoms with E-state index in [0.717, 1.165) is 10.8 Å². The van der Waals surface area contributed by atoms with Gasteiger partial charge in [-0.05, 0) is 65.4 Å². The summed E-state index contributed by atoms with van der Waals surface area (Å²) >= 11 is 11.9. The number of fused-ring (bicyclic) bond motifs is 1. The predicted molar refractivity (Wildman–Crippen MR) is 128 cm³/mol. The number of benzene rings is 4. The Hall–Kier alpha value is -2.78. The fourth-order valence-electron chi connectivity index (χ4n) is 3.03. The Kier molecular flexibility index (Phi) is 6.05. The van der Waals surface area contributed by atoms with Crippen molar-refractivity contribution in [1.29, 1.82) is 0 Å². The second-order valence-electron chi connectivity index (χ2n) is 6.87. The van der Waals surface area contributed by atoms with E-state index in [9.17, 15) is 16.8 Å². The molecule has 0 saturated heterocycles. The van der Waals surface area contributed by atoms with Gasteiger partial charge in [0.05, 0.1) is 20.5 Å². The normalized spacial score (nSPS) is 11.9. The van der Waals surface area contributed by atoms with Crippen LogP contribution in [0.25, 0.3) is 10.8 Å². The van der Waals surface area contributed by atoms with Gasteiger partial charge < -0.3 is 0 Å². The summed E-state index contributed by atoms with van der Waals surface area (Å²) in [6.07, 6.45) is 0. The molecule has 4 aromatic rings. The molecule has 0 aliphatic heterocycles. The molecule has 164 valence electrons. The summed E-state index contributed by atoms with van der Waals surface area (Å²) in [4.78, 5) is 0.0455. The Morgan fingerprint density at radius 1 is 0.594 bits per heavy atom. The summed E-state index contributed by atoms with van der Waals surface area (Å²) < 4.78 is 55.7. The first-order valence-corrected chi connectivity index (χ1v) is 13.0. The molecule has 0 spiro atoms. The molecule has 4 rings (SSSR count). The van der Waals surface area contributed by atoms with Crippen molar-refractivity contribution >= 4 is 65.4 Å². The van der Waals surface area contributed by atoms with Gasteiger partial charge >= 0.3 is 0 Å². The van der Waals surface area contributed by atoms with Gasteiger partial charge in [0.15, 0.2) is 0 Å². The monoisotopic (exact) mass is 506 g/mol. The van der Waals surface area contributed by atoms with Crippen LogP contribution in [0, 0.1) is 0 Å². The van der Waals surface area contributed by atoms with Gasteiger partial charge in [0.2, 0.25) is 0 Å². The molecule has 0 heterocycles. The fourth-order valence-corrected chi connectivity index (χ4v) is 5.71. The first kappa shape index (κ1) is 22.4. The van der Waals surface area contributed by atoms with Crippen molar-refractivity contribution in [3.63, 3.8) is 0 Å². The third-order valence-electron chi connectivity index (χ3n) is 4.62. The molecule has 0 aromatic heterocycles.